The van der Waals surface area contributed by atoms with Crippen LogP contribution in [-0.4, -0.2) is 23.1 Å². The molecule has 126 valence electrons. The van der Waals surface area contributed by atoms with Crippen molar-refractivity contribution in [1.29, 1.82) is 0 Å². The second kappa shape index (κ2) is 7.09. The van der Waals surface area contributed by atoms with Gasteiger partial charge in [0, 0.05) is 37.3 Å². The van der Waals surface area contributed by atoms with E-state index in [2.05, 4.69) is 15.6 Å². The fraction of sp³-hybridized carbons (Fsp3) is 0.333. The van der Waals surface area contributed by atoms with Gasteiger partial charge in [-0.3, -0.25) is 0 Å². The molecular formula is C18H21N3O3. The minimum absolute atomic E-state index is 0.516. The summed E-state index contributed by atoms with van der Waals surface area (Å²) < 4.78 is 15.6. The highest BCUT2D eigenvalue weighted by atomic mass is 16.3. The third kappa shape index (κ3) is 3.79. The summed E-state index contributed by atoms with van der Waals surface area (Å²) in [5, 5.41) is 4.47. The number of nitrogens with zero attached hydrogens (tertiary/aromatic N) is 2. The third-order valence-corrected chi connectivity index (χ3v) is 4.25. The average molecular weight is 327 g/mol. The molecule has 4 rings (SSSR count). The van der Waals surface area contributed by atoms with E-state index < -0.39 is 0 Å². The quantitative estimate of drug-likeness (QED) is 0.751. The summed E-state index contributed by atoms with van der Waals surface area (Å²) in [6.45, 7) is 3.55. The lowest BCUT2D eigenvalue weighted by Gasteiger charge is -2.40. The highest BCUT2D eigenvalue weighted by Gasteiger charge is 2.26. The summed E-state index contributed by atoms with van der Waals surface area (Å²) in [7, 11) is 0. The minimum Gasteiger partial charge on any atom is -0.472 e. The van der Waals surface area contributed by atoms with Crippen molar-refractivity contribution in [3.05, 3.63) is 72.5 Å². The molecule has 3 aromatic heterocycles. The highest BCUT2D eigenvalue weighted by Crippen LogP contribution is 2.19. The van der Waals surface area contributed by atoms with Gasteiger partial charge in [-0.05, 0) is 36.1 Å². The van der Waals surface area contributed by atoms with Crippen molar-refractivity contribution in [3.63, 3.8) is 0 Å². The van der Waals surface area contributed by atoms with E-state index in [-0.39, 0.29) is 0 Å². The average Bonchev–Trinajstić information content (AvgIpc) is 3.30. The Hall–Kier alpha value is -2.28. The van der Waals surface area contributed by atoms with Crippen LogP contribution < -0.4 is 5.53 Å². The van der Waals surface area contributed by atoms with Crippen molar-refractivity contribution in [2.24, 2.45) is 5.92 Å². The van der Waals surface area contributed by atoms with Crippen LogP contribution in [0.4, 0.5) is 0 Å². The third-order valence-electron chi connectivity index (χ3n) is 4.25. The Kier molecular flexibility index (Phi) is 4.51. The van der Waals surface area contributed by atoms with Gasteiger partial charge in [-0.25, -0.2) is 10.0 Å². The highest BCUT2D eigenvalue weighted by molar-refractivity contribution is 5.09. The fourth-order valence-electron chi connectivity index (χ4n) is 3.24. The largest absolute Gasteiger partial charge is 0.472 e. The number of furan rings is 3. The zero-order chi connectivity index (χ0) is 16.2. The second-order valence-electron chi connectivity index (χ2n) is 6.33. The van der Waals surface area contributed by atoms with Gasteiger partial charge in [0.05, 0.1) is 37.6 Å². The van der Waals surface area contributed by atoms with Gasteiger partial charge >= 0.3 is 0 Å². The van der Waals surface area contributed by atoms with E-state index in [9.17, 15) is 0 Å². The monoisotopic (exact) mass is 327 g/mol. The number of hydrogen-bond donors (Lipinski definition) is 1. The van der Waals surface area contributed by atoms with Gasteiger partial charge in [-0.2, -0.15) is 5.53 Å². The predicted octanol–water partition coefficient (Wildman–Crippen LogP) is 3.06. The lowest BCUT2D eigenvalue weighted by atomic mass is 9.99. The van der Waals surface area contributed by atoms with E-state index in [1.165, 1.54) is 5.56 Å². The molecule has 1 N–H and O–H groups in total. The van der Waals surface area contributed by atoms with Crippen molar-refractivity contribution in [1.82, 2.24) is 15.6 Å². The molecule has 0 amide bonds. The van der Waals surface area contributed by atoms with Crippen LogP contribution in [0.1, 0.15) is 16.7 Å². The van der Waals surface area contributed by atoms with E-state index in [0.717, 1.165) is 43.7 Å². The molecule has 6 nitrogen and oxygen atoms in total. The van der Waals surface area contributed by atoms with Gasteiger partial charge in [-0.1, -0.05) is 0 Å². The maximum absolute atomic E-state index is 5.21. The molecule has 24 heavy (non-hydrogen) atoms. The Morgan fingerprint density at radius 3 is 1.75 bits per heavy atom. The van der Waals surface area contributed by atoms with Gasteiger partial charge in [0.25, 0.3) is 0 Å². The molecule has 0 radical (unpaired) electrons. The molecule has 1 saturated heterocycles. The van der Waals surface area contributed by atoms with Crippen molar-refractivity contribution in [3.8, 4) is 0 Å². The Labute approximate surface area is 140 Å². The summed E-state index contributed by atoms with van der Waals surface area (Å²) in [4.78, 5) is 0. The molecule has 1 aliphatic rings. The number of rotatable bonds is 6. The van der Waals surface area contributed by atoms with Crippen LogP contribution in [0, 0.1) is 5.92 Å². The Bertz CT molecular complexity index is 600. The summed E-state index contributed by atoms with van der Waals surface area (Å²) in [5.41, 5.74) is 7.07. The van der Waals surface area contributed by atoms with Crippen molar-refractivity contribution >= 4 is 0 Å². The second-order valence-corrected chi connectivity index (χ2v) is 6.33. The molecule has 1 fully saturated rings. The molecule has 0 spiro atoms. The number of nitrogens with one attached hydrogen (secondary N) is 1. The Morgan fingerprint density at radius 2 is 1.29 bits per heavy atom. The van der Waals surface area contributed by atoms with Gasteiger partial charge in [0.15, 0.2) is 0 Å². The lowest BCUT2D eigenvalue weighted by molar-refractivity contribution is -0.0541. The zero-order valence-electron chi connectivity index (χ0n) is 13.4. The Balaban J connectivity index is 1.44. The number of hydrogen-bond acceptors (Lipinski definition) is 6. The molecule has 0 unspecified atom stereocenters. The van der Waals surface area contributed by atoms with E-state index >= 15 is 0 Å². The van der Waals surface area contributed by atoms with E-state index in [4.69, 9.17) is 13.3 Å². The van der Waals surface area contributed by atoms with Crippen molar-refractivity contribution in [2.75, 3.05) is 13.1 Å². The fourth-order valence-corrected chi connectivity index (χ4v) is 3.24. The molecule has 0 bridgehead atoms. The normalized spacial score (nSPS) is 17.5. The van der Waals surface area contributed by atoms with Crippen LogP contribution in [0.25, 0.3) is 0 Å². The van der Waals surface area contributed by atoms with Gasteiger partial charge in [0.1, 0.15) is 0 Å². The van der Waals surface area contributed by atoms with Crippen LogP contribution >= 0.6 is 0 Å². The summed E-state index contributed by atoms with van der Waals surface area (Å²) in [6, 6.07) is 6.05. The molecule has 3 aromatic rings. The minimum atomic E-state index is 0.516. The van der Waals surface area contributed by atoms with Crippen LogP contribution in [-0.2, 0) is 19.5 Å². The maximum Gasteiger partial charge on any atom is 0.0948 e. The number of hydrazine groups is 2. The first kappa shape index (κ1) is 15.3. The van der Waals surface area contributed by atoms with Crippen LogP contribution in [0.2, 0.25) is 0 Å². The molecular weight excluding hydrogens is 306 g/mol. The SMILES string of the molecule is c1cc(CC2CN(Cc3ccoc3)NN(Cc3ccoc3)C2)co1. The van der Waals surface area contributed by atoms with Crippen LogP contribution in [0.3, 0.4) is 0 Å². The maximum atomic E-state index is 5.21. The molecule has 6 heteroatoms. The first-order valence-electron chi connectivity index (χ1n) is 8.14. The van der Waals surface area contributed by atoms with Crippen molar-refractivity contribution < 1.29 is 13.3 Å². The standard InChI is InChI=1S/C18H21N3O3/c1-4-22-12-15(1)7-18-10-20(8-16-2-5-23-13-16)19-21(11-18)9-17-3-6-24-14-17/h1-6,12-14,18-19H,7-11H2. The summed E-state index contributed by atoms with van der Waals surface area (Å²) >= 11 is 0. The van der Waals surface area contributed by atoms with E-state index in [1.807, 2.05) is 24.5 Å². The van der Waals surface area contributed by atoms with E-state index in [0.29, 0.717) is 5.92 Å². The van der Waals surface area contributed by atoms with Crippen LogP contribution in [0.5, 0.6) is 0 Å². The first-order valence-corrected chi connectivity index (χ1v) is 8.14. The predicted molar refractivity (Wildman–Crippen MR) is 87.3 cm³/mol. The molecule has 0 aromatic carbocycles. The Morgan fingerprint density at radius 1 is 0.792 bits per heavy atom. The van der Waals surface area contributed by atoms with Crippen LogP contribution in [0.15, 0.2) is 69.0 Å². The molecule has 1 aliphatic heterocycles. The topological polar surface area (TPSA) is 57.9 Å². The zero-order valence-corrected chi connectivity index (χ0v) is 13.4. The van der Waals surface area contributed by atoms with Gasteiger partial charge in [0.2, 0.25) is 0 Å². The summed E-state index contributed by atoms with van der Waals surface area (Å²) in [5.74, 6) is 0.516. The molecule has 0 atom stereocenters. The van der Waals surface area contributed by atoms with Crippen molar-refractivity contribution in [2.45, 2.75) is 19.5 Å². The van der Waals surface area contributed by atoms with Gasteiger partial charge < -0.3 is 13.3 Å². The summed E-state index contributed by atoms with van der Waals surface area (Å²) in [6.07, 6.45) is 11.6. The first-order chi connectivity index (χ1) is 11.8. The van der Waals surface area contributed by atoms with E-state index in [1.54, 1.807) is 31.3 Å². The smallest absolute Gasteiger partial charge is 0.0948 e. The molecule has 0 aliphatic carbocycles. The molecule has 4 heterocycles. The molecule has 0 saturated carbocycles. The lowest BCUT2D eigenvalue weighted by Crippen LogP contribution is -2.58. The van der Waals surface area contributed by atoms with Gasteiger partial charge in [-0.15, -0.1) is 0 Å².